The summed E-state index contributed by atoms with van der Waals surface area (Å²) in [5.41, 5.74) is 3.54. The van der Waals surface area contributed by atoms with Crippen molar-refractivity contribution in [3.63, 3.8) is 0 Å². The normalized spacial score (nSPS) is 22.0. The lowest BCUT2D eigenvalue weighted by molar-refractivity contribution is -0.151. The van der Waals surface area contributed by atoms with E-state index >= 15 is 0 Å². The van der Waals surface area contributed by atoms with Crippen LogP contribution in [0.1, 0.15) is 30.9 Å². The summed E-state index contributed by atoms with van der Waals surface area (Å²) in [6.07, 6.45) is -0.367. The Labute approximate surface area is 215 Å². The molecule has 0 spiro atoms. The average molecular weight is 516 g/mol. The average Bonchev–Trinajstić information content (AvgIpc) is 2.85. The van der Waals surface area contributed by atoms with Crippen LogP contribution in [0.4, 0.5) is 0 Å². The molecule has 9 nitrogen and oxygen atoms in total. The van der Waals surface area contributed by atoms with Gasteiger partial charge in [-0.3, -0.25) is 0 Å². The molecule has 0 radical (unpaired) electrons. The highest BCUT2D eigenvalue weighted by molar-refractivity contribution is 6.31. The van der Waals surface area contributed by atoms with Crippen molar-refractivity contribution >= 4 is 23.5 Å². The van der Waals surface area contributed by atoms with Crippen molar-refractivity contribution in [2.45, 2.75) is 32.8 Å². The van der Waals surface area contributed by atoms with Crippen LogP contribution >= 0.6 is 11.6 Å². The number of carbonyl (C=O) groups excluding carboxylic acids is 2. The van der Waals surface area contributed by atoms with Crippen LogP contribution in [0.25, 0.3) is 0 Å². The van der Waals surface area contributed by atoms with Crippen molar-refractivity contribution < 1.29 is 28.5 Å². The van der Waals surface area contributed by atoms with Crippen molar-refractivity contribution in [2.24, 2.45) is 0 Å². The Morgan fingerprint density at radius 2 is 1.61 bits per heavy atom. The van der Waals surface area contributed by atoms with Crippen LogP contribution < -0.4 is 5.32 Å². The molecule has 0 amide bonds. The number of hydrogen-bond donors (Lipinski definition) is 1. The Hall–Kier alpha value is -3.33. The molecular formula is C26H30ClN3O6. The van der Waals surface area contributed by atoms with E-state index in [9.17, 15) is 9.59 Å². The molecule has 1 saturated heterocycles. The zero-order valence-electron chi connectivity index (χ0n) is 20.9. The van der Waals surface area contributed by atoms with Gasteiger partial charge in [0.25, 0.3) is 0 Å². The van der Waals surface area contributed by atoms with E-state index in [1.54, 1.807) is 13.0 Å². The standard InChI is InChI=1S/C26H30ClN3O6/c1-14-18(6-5-7-19(14)27)22-20(24(31)33-4)15(2)28-16(3)21(22)25(32)36-17-12-29-8-10-34-26-23(29)30(13-17)9-11-35-26/h5-7,17,22,28H,8-13H2,1-4H3. The molecule has 192 valence electrons. The van der Waals surface area contributed by atoms with E-state index in [4.69, 9.17) is 30.5 Å². The quantitative estimate of drug-likeness (QED) is 0.608. The molecule has 0 saturated carbocycles. The number of benzene rings is 1. The molecule has 4 aliphatic heterocycles. The molecule has 10 heteroatoms. The van der Waals surface area contributed by atoms with Gasteiger partial charge in [0.2, 0.25) is 0 Å². The number of carbonyl (C=O) groups is 2. The number of methoxy groups -OCH3 is 1. The van der Waals surface area contributed by atoms with Crippen LogP contribution in [0.15, 0.2) is 52.5 Å². The zero-order chi connectivity index (χ0) is 25.6. The molecule has 4 heterocycles. The number of hydrogen-bond acceptors (Lipinski definition) is 9. The number of allylic oxidation sites excluding steroid dienone is 2. The lowest BCUT2D eigenvalue weighted by atomic mass is 9.79. The molecule has 1 atom stereocenters. The van der Waals surface area contributed by atoms with E-state index in [0.717, 1.165) is 16.9 Å². The van der Waals surface area contributed by atoms with E-state index in [1.165, 1.54) is 7.11 Å². The second-order valence-corrected chi connectivity index (χ2v) is 9.72. The van der Waals surface area contributed by atoms with Crippen LogP contribution in [0, 0.1) is 6.92 Å². The number of esters is 2. The Morgan fingerprint density at radius 1 is 1.00 bits per heavy atom. The molecule has 1 fully saturated rings. The minimum atomic E-state index is -0.678. The smallest absolute Gasteiger partial charge is 0.337 e. The first-order valence-electron chi connectivity index (χ1n) is 12.0. The third-order valence-corrected chi connectivity index (χ3v) is 7.51. The van der Waals surface area contributed by atoms with E-state index in [-0.39, 0.29) is 6.10 Å². The van der Waals surface area contributed by atoms with Gasteiger partial charge in [-0.05, 0) is 38.0 Å². The second-order valence-electron chi connectivity index (χ2n) is 9.31. The lowest BCUT2D eigenvalue weighted by Crippen LogP contribution is -2.56. The van der Waals surface area contributed by atoms with Crippen LogP contribution in [-0.2, 0) is 28.5 Å². The fraction of sp³-hybridized carbons (Fsp3) is 0.462. The number of halogens is 1. The topological polar surface area (TPSA) is 89.6 Å². The first-order chi connectivity index (χ1) is 17.3. The summed E-state index contributed by atoms with van der Waals surface area (Å²) in [4.78, 5) is 31.0. The highest BCUT2D eigenvalue weighted by atomic mass is 35.5. The third-order valence-electron chi connectivity index (χ3n) is 7.10. The Kier molecular flexibility index (Phi) is 6.51. The van der Waals surface area contributed by atoms with Gasteiger partial charge in [-0.1, -0.05) is 23.7 Å². The van der Waals surface area contributed by atoms with Gasteiger partial charge >= 0.3 is 17.9 Å². The van der Waals surface area contributed by atoms with Crippen molar-refractivity contribution in [1.29, 1.82) is 0 Å². The Balaban J connectivity index is 1.48. The van der Waals surface area contributed by atoms with Gasteiger partial charge in [-0.15, -0.1) is 0 Å². The van der Waals surface area contributed by atoms with Gasteiger partial charge in [-0.25, -0.2) is 9.59 Å². The van der Waals surface area contributed by atoms with Gasteiger partial charge in [0, 0.05) is 16.4 Å². The number of nitrogens with zero attached hydrogens (tertiary/aromatic N) is 2. The molecule has 1 aromatic carbocycles. The Morgan fingerprint density at radius 3 is 2.22 bits per heavy atom. The summed E-state index contributed by atoms with van der Waals surface area (Å²) in [7, 11) is 1.33. The van der Waals surface area contributed by atoms with E-state index in [2.05, 4.69) is 15.1 Å². The summed E-state index contributed by atoms with van der Waals surface area (Å²) in [6, 6.07) is 5.49. The van der Waals surface area contributed by atoms with E-state index < -0.39 is 17.9 Å². The number of dihydropyridines is 1. The van der Waals surface area contributed by atoms with Gasteiger partial charge in [0.15, 0.2) is 5.82 Å². The van der Waals surface area contributed by atoms with Crippen LogP contribution in [-0.4, -0.2) is 74.3 Å². The summed E-state index contributed by atoms with van der Waals surface area (Å²) < 4.78 is 22.6. The van der Waals surface area contributed by atoms with Crippen LogP contribution in [0.3, 0.4) is 0 Å². The molecule has 1 aromatic rings. The largest absolute Gasteiger partial charge is 0.466 e. The van der Waals surface area contributed by atoms with Crippen LogP contribution in [0.2, 0.25) is 5.02 Å². The number of rotatable bonds is 4. The minimum Gasteiger partial charge on any atom is -0.466 e. The molecular weight excluding hydrogens is 486 g/mol. The predicted octanol–water partition coefficient (Wildman–Crippen LogP) is 2.77. The summed E-state index contributed by atoms with van der Waals surface area (Å²) in [5, 5.41) is 3.75. The van der Waals surface area contributed by atoms with Gasteiger partial charge in [0.05, 0.1) is 50.4 Å². The summed E-state index contributed by atoms with van der Waals surface area (Å²) in [5.74, 6) is -0.191. The Bertz CT molecular complexity index is 1180. The molecule has 5 rings (SSSR count). The minimum absolute atomic E-state index is 0.361. The van der Waals surface area contributed by atoms with Gasteiger partial charge in [0.1, 0.15) is 19.3 Å². The maximum Gasteiger partial charge on any atom is 0.337 e. The molecule has 0 bridgehead atoms. The monoisotopic (exact) mass is 515 g/mol. The second kappa shape index (κ2) is 9.61. The van der Waals surface area contributed by atoms with Gasteiger partial charge in [-0.2, -0.15) is 0 Å². The van der Waals surface area contributed by atoms with Crippen molar-refractivity contribution in [2.75, 3.05) is 46.5 Å². The van der Waals surface area contributed by atoms with Crippen molar-refractivity contribution in [3.8, 4) is 0 Å². The van der Waals surface area contributed by atoms with Crippen molar-refractivity contribution in [1.82, 2.24) is 15.1 Å². The lowest BCUT2D eigenvalue weighted by Gasteiger charge is -2.47. The molecule has 0 aromatic heterocycles. The van der Waals surface area contributed by atoms with Crippen LogP contribution in [0.5, 0.6) is 0 Å². The number of ether oxygens (including phenoxy) is 4. The highest BCUT2D eigenvalue weighted by Crippen LogP contribution is 2.42. The molecule has 4 aliphatic rings. The first-order valence-corrected chi connectivity index (χ1v) is 12.4. The predicted molar refractivity (Wildman–Crippen MR) is 131 cm³/mol. The van der Waals surface area contributed by atoms with E-state index in [0.29, 0.717) is 72.9 Å². The van der Waals surface area contributed by atoms with E-state index in [1.807, 2.05) is 26.0 Å². The molecule has 1 unspecified atom stereocenters. The number of nitrogens with one attached hydrogen (secondary N) is 1. The molecule has 0 aliphatic carbocycles. The fourth-order valence-electron chi connectivity index (χ4n) is 5.43. The zero-order valence-corrected chi connectivity index (χ0v) is 21.6. The summed E-state index contributed by atoms with van der Waals surface area (Å²) >= 11 is 6.45. The molecule has 36 heavy (non-hydrogen) atoms. The third kappa shape index (κ3) is 4.15. The fourth-order valence-corrected chi connectivity index (χ4v) is 5.61. The SMILES string of the molecule is COC(=O)C1=C(C)NC(C)=C(C(=O)OC2CN3CCOC4=C3N(CCO4)C2)C1c1cccc(Cl)c1C. The first kappa shape index (κ1) is 24.4. The maximum atomic E-state index is 13.8. The summed E-state index contributed by atoms with van der Waals surface area (Å²) in [6.45, 7) is 8.98. The molecule has 1 N–H and O–H groups in total. The van der Waals surface area contributed by atoms with Crippen molar-refractivity contribution in [3.05, 3.63) is 68.7 Å². The highest BCUT2D eigenvalue weighted by Gasteiger charge is 2.42. The van der Waals surface area contributed by atoms with Gasteiger partial charge < -0.3 is 34.1 Å². The maximum absolute atomic E-state index is 13.8.